The third-order valence-electron chi connectivity index (χ3n) is 3.30. The lowest BCUT2D eigenvalue weighted by atomic mass is 10.1. The number of aromatic nitrogens is 2. The standard InChI is InChI=1S/C15H17N3O3/c1-11-13(8-16-17(11)2)15(21)18(10-14(19)20)9-12-6-4-3-5-7-12/h3-8H,9-10H2,1-2H3,(H,19,20). The van der Waals surface area contributed by atoms with Crippen molar-refractivity contribution in [1.82, 2.24) is 14.7 Å². The number of carboxylic acid groups (broad SMARTS) is 1. The van der Waals surface area contributed by atoms with Gasteiger partial charge >= 0.3 is 5.97 Å². The molecule has 1 aromatic carbocycles. The molecule has 0 atom stereocenters. The van der Waals surface area contributed by atoms with Crippen LogP contribution in [-0.4, -0.2) is 38.2 Å². The molecule has 0 saturated heterocycles. The summed E-state index contributed by atoms with van der Waals surface area (Å²) in [5.74, 6) is -1.37. The number of nitrogens with zero attached hydrogens (tertiary/aromatic N) is 3. The third-order valence-corrected chi connectivity index (χ3v) is 3.30. The molecule has 6 heteroatoms. The number of rotatable bonds is 5. The summed E-state index contributed by atoms with van der Waals surface area (Å²) in [6.07, 6.45) is 1.47. The van der Waals surface area contributed by atoms with Crippen molar-refractivity contribution in [1.29, 1.82) is 0 Å². The van der Waals surface area contributed by atoms with Gasteiger partial charge in [-0.25, -0.2) is 0 Å². The second-order valence-corrected chi connectivity index (χ2v) is 4.81. The molecule has 1 amide bonds. The molecule has 0 spiro atoms. The zero-order valence-electron chi connectivity index (χ0n) is 12.0. The van der Waals surface area contributed by atoms with Crippen molar-refractivity contribution in [3.05, 3.63) is 53.3 Å². The van der Waals surface area contributed by atoms with Crippen LogP contribution in [0.1, 0.15) is 21.6 Å². The van der Waals surface area contributed by atoms with Gasteiger partial charge in [0.25, 0.3) is 5.91 Å². The predicted molar refractivity (Wildman–Crippen MR) is 76.8 cm³/mol. The smallest absolute Gasteiger partial charge is 0.323 e. The lowest BCUT2D eigenvalue weighted by Crippen LogP contribution is -2.35. The number of carbonyl (C=O) groups excluding carboxylic acids is 1. The van der Waals surface area contributed by atoms with E-state index in [4.69, 9.17) is 5.11 Å². The van der Waals surface area contributed by atoms with Gasteiger partial charge in [0.15, 0.2) is 0 Å². The van der Waals surface area contributed by atoms with Gasteiger partial charge in [-0.05, 0) is 12.5 Å². The fourth-order valence-electron chi connectivity index (χ4n) is 2.05. The van der Waals surface area contributed by atoms with Gasteiger partial charge in [-0.2, -0.15) is 5.10 Å². The van der Waals surface area contributed by atoms with Gasteiger partial charge in [0, 0.05) is 19.3 Å². The molecule has 6 nitrogen and oxygen atoms in total. The average molecular weight is 287 g/mol. The highest BCUT2D eigenvalue weighted by atomic mass is 16.4. The van der Waals surface area contributed by atoms with Crippen molar-refractivity contribution in [2.24, 2.45) is 7.05 Å². The molecule has 0 radical (unpaired) electrons. The fourth-order valence-corrected chi connectivity index (χ4v) is 2.05. The van der Waals surface area contributed by atoms with E-state index >= 15 is 0 Å². The molecule has 1 aromatic heterocycles. The maximum atomic E-state index is 12.5. The van der Waals surface area contributed by atoms with Crippen molar-refractivity contribution in [3.8, 4) is 0 Å². The average Bonchev–Trinajstić information content (AvgIpc) is 2.78. The first-order valence-electron chi connectivity index (χ1n) is 6.52. The first-order valence-corrected chi connectivity index (χ1v) is 6.52. The minimum atomic E-state index is -1.04. The number of benzene rings is 1. The number of amides is 1. The van der Waals surface area contributed by atoms with Crippen LogP contribution in [0.2, 0.25) is 0 Å². The molecular formula is C15H17N3O3. The zero-order chi connectivity index (χ0) is 15.4. The van der Waals surface area contributed by atoms with Crippen LogP contribution >= 0.6 is 0 Å². The van der Waals surface area contributed by atoms with Crippen LogP contribution in [0.5, 0.6) is 0 Å². The van der Waals surface area contributed by atoms with E-state index in [1.54, 1.807) is 18.7 Å². The van der Waals surface area contributed by atoms with Gasteiger partial charge in [-0.3, -0.25) is 14.3 Å². The van der Waals surface area contributed by atoms with Crippen molar-refractivity contribution in [2.45, 2.75) is 13.5 Å². The van der Waals surface area contributed by atoms with E-state index in [0.29, 0.717) is 11.3 Å². The summed E-state index contributed by atoms with van der Waals surface area (Å²) in [6.45, 7) is 1.68. The Kier molecular flexibility index (Phi) is 4.37. The van der Waals surface area contributed by atoms with E-state index in [2.05, 4.69) is 5.10 Å². The summed E-state index contributed by atoms with van der Waals surface area (Å²) < 4.78 is 1.59. The number of carbonyl (C=O) groups is 2. The number of aryl methyl sites for hydroxylation is 1. The predicted octanol–water partition coefficient (Wildman–Crippen LogP) is 1.46. The first-order chi connectivity index (χ1) is 9.99. The summed E-state index contributed by atoms with van der Waals surface area (Å²) in [6, 6.07) is 9.30. The first kappa shape index (κ1) is 14.8. The van der Waals surface area contributed by atoms with E-state index in [1.165, 1.54) is 11.1 Å². The molecule has 110 valence electrons. The lowest BCUT2D eigenvalue weighted by molar-refractivity contribution is -0.137. The Hall–Kier alpha value is -2.63. The van der Waals surface area contributed by atoms with Crippen LogP contribution in [0, 0.1) is 6.92 Å². The van der Waals surface area contributed by atoms with E-state index < -0.39 is 5.97 Å². The van der Waals surface area contributed by atoms with Crippen LogP contribution < -0.4 is 0 Å². The summed E-state index contributed by atoms with van der Waals surface area (Å²) >= 11 is 0. The summed E-state index contributed by atoms with van der Waals surface area (Å²) in [5, 5.41) is 13.0. The van der Waals surface area contributed by atoms with E-state index in [-0.39, 0.29) is 19.0 Å². The summed E-state index contributed by atoms with van der Waals surface area (Å²) in [7, 11) is 1.74. The molecule has 0 aliphatic rings. The Morgan fingerprint density at radius 2 is 1.95 bits per heavy atom. The van der Waals surface area contributed by atoms with E-state index in [1.807, 2.05) is 30.3 Å². The van der Waals surface area contributed by atoms with Crippen molar-refractivity contribution < 1.29 is 14.7 Å². The molecule has 1 N–H and O–H groups in total. The Morgan fingerprint density at radius 1 is 1.29 bits per heavy atom. The van der Waals surface area contributed by atoms with Crippen LogP contribution in [0.25, 0.3) is 0 Å². The highest BCUT2D eigenvalue weighted by Crippen LogP contribution is 2.13. The fraction of sp³-hybridized carbons (Fsp3) is 0.267. The highest BCUT2D eigenvalue weighted by molar-refractivity contribution is 5.96. The van der Waals surface area contributed by atoms with Crippen LogP contribution in [0.15, 0.2) is 36.5 Å². The Morgan fingerprint density at radius 3 is 2.48 bits per heavy atom. The second-order valence-electron chi connectivity index (χ2n) is 4.81. The quantitative estimate of drug-likeness (QED) is 0.903. The Bertz CT molecular complexity index is 649. The molecule has 0 bridgehead atoms. The monoisotopic (exact) mass is 287 g/mol. The Balaban J connectivity index is 2.25. The maximum absolute atomic E-state index is 12.5. The SMILES string of the molecule is Cc1c(C(=O)N(CC(=O)O)Cc2ccccc2)cnn1C. The molecular weight excluding hydrogens is 270 g/mol. The van der Waals surface area contributed by atoms with Crippen LogP contribution in [0.3, 0.4) is 0 Å². The maximum Gasteiger partial charge on any atom is 0.323 e. The minimum Gasteiger partial charge on any atom is -0.480 e. The van der Waals surface area contributed by atoms with E-state index in [0.717, 1.165) is 5.56 Å². The number of aliphatic carboxylic acids is 1. The third kappa shape index (κ3) is 3.47. The van der Waals surface area contributed by atoms with Crippen molar-refractivity contribution in [3.63, 3.8) is 0 Å². The molecule has 0 saturated carbocycles. The van der Waals surface area contributed by atoms with Crippen molar-refractivity contribution in [2.75, 3.05) is 6.54 Å². The normalized spacial score (nSPS) is 10.4. The number of hydrogen-bond acceptors (Lipinski definition) is 3. The van der Waals surface area contributed by atoms with Gasteiger partial charge in [-0.15, -0.1) is 0 Å². The molecule has 1 heterocycles. The molecule has 0 aliphatic heterocycles. The lowest BCUT2D eigenvalue weighted by Gasteiger charge is -2.20. The largest absolute Gasteiger partial charge is 0.480 e. The molecule has 2 rings (SSSR count). The second kappa shape index (κ2) is 6.21. The van der Waals surface area contributed by atoms with Crippen LogP contribution in [-0.2, 0) is 18.4 Å². The molecule has 0 fully saturated rings. The van der Waals surface area contributed by atoms with E-state index in [9.17, 15) is 9.59 Å². The van der Waals surface area contributed by atoms with Gasteiger partial charge in [0.05, 0.1) is 11.8 Å². The van der Waals surface area contributed by atoms with Gasteiger partial charge in [0.2, 0.25) is 0 Å². The van der Waals surface area contributed by atoms with Gasteiger partial charge in [0.1, 0.15) is 6.54 Å². The summed E-state index contributed by atoms with van der Waals surface area (Å²) in [4.78, 5) is 24.8. The van der Waals surface area contributed by atoms with Crippen molar-refractivity contribution >= 4 is 11.9 Å². The van der Waals surface area contributed by atoms with Crippen LogP contribution in [0.4, 0.5) is 0 Å². The zero-order valence-corrected chi connectivity index (χ0v) is 12.0. The van der Waals surface area contributed by atoms with Gasteiger partial charge in [-0.1, -0.05) is 30.3 Å². The molecule has 0 aliphatic carbocycles. The molecule has 21 heavy (non-hydrogen) atoms. The summed E-state index contributed by atoms with van der Waals surface area (Å²) in [5.41, 5.74) is 2.02. The highest BCUT2D eigenvalue weighted by Gasteiger charge is 2.22. The number of hydrogen-bond donors (Lipinski definition) is 1. The molecule has 2 aromatic rings. The van der Waals surface area contributed by atoms with Gasteiger partial charge < -0.3 is 10.0 Å². The number of carboxylic acids is 1. The minimum absolute atomic E-state index is 0.250. The molecule has 0 unspecified atom stereocenters. The Labute approximate surface area is 122 Å². The topological polar surface area (TPSA) is 75.4 Å².